The lowest BCUT2D eigenvalue weighted by Crippen LogP contribution is -1.97. The summed E-state index contributed by atoms with van der Waals surface area (Å²) in [6.45, 7) is 1.91. The van der Waals surface area contributed by atoms with Crippen LogP contribution in [-0.2, 0) is 0 Å². The number of hydrogen-bond acceptors (Lipinski definition) is 3. The smallest absolute Gasteiger partial charge is 0.149 e. The van der Waals surface area contributed by atoms with E-state index in [2.05, 4.69) is 9.97 Å². The zero-order valence-corrected chi connectivity index (χ0v) is 11.4. The maximum Gasteiger partial charge on any atom is 0.149 e. The summed E-state index contributed by atoms with van der Waals surface area (Å²) < 4.78 is 13.8. The monoisotopic (exact) mass is 287 g/mol. The number of nitrogen functional groups attached to an aromatic ring is 1. The summed E-state index contributed by atoms with van der Waals surface area (Å²) in [5.41, 5.74) is 8.75. The highest BCUT2D eigenvalue weighted by Gasteiger charge is 2.13. The van der Waals surface area contributed by atoms with Crippen molar-refractivity contribution in [3.05, 3.63) is 53.1 Å². The van der Waals surface area contributed by atoms with Crippen LogP contribution in [0.1, 0.15) is 5.56 Å². The number of rotatable bonds is 1. The molecular formula is C15H11ClFN3. The fourth-order valence-electron chi connectivity index (χ4n) is 2.22. The molecule has 0 aliphatic rings. The van der Waals surface area contributed by atoms with Crippen LogP contribution in [0.2, 0.25) is 5.02 Å². The molecule has 0 amide bonds. The summed E-state index contributed by atoms with van der Waals surface area (Å²) in [5.74, 6) is -0.152. The maximum atomic E-state index is 13.8. The number of halogens is 2. The Labute approximate surface area is 120 Å². The minimum absolute atomic E-state index is 0.225. The molecule has 0 aliphatic heterocycles. The van der Waals surface area contributed by atoms with Gasteiger partial charge < -0.3 is 5.73 Å². The van der Waals surface area contributed by atoms with E-state index in [1.165, 1.54) is 12.4 Å². The van der Waals surface area contributed by atoms with Gasteiger partial charge in [-0.3, -0.25) is 0 Å². The number of hydrogen-bond donors (Lipinski definition) is 1. The summed E-state index contributed by atoms with van der Waals surface area (Å²) >= 11 is 6.03. The van der Waals surface area contributed by atoms with Crippen molar-refractivity contribution in [2.45, 2.75) is 6.92 Å². The number of nitrogens with two attached hydrogens (primary N) is 1. The molecule has 0 aliphatic carbocycles. The fraction of sp³-hybridized carbons (Fsp3) is 0.0667. The summed E-state index contributed by atoms with van der Waals surface area (Å²) in [4.78, 5) is 7.92. The molecule has 2 N–H and O–H groups in total. The van der Waals surface area contributed by atoms with Gasteiger partial charge in [0.05, 0.1) is 5.39 Å². The van der Waals surface area contributed by atoms with Crippen LogP contribution in [0.3, 0.4) is 0 Å². The van der Waals surface area contributed by atoms with Gasteiger partial charge in [0.15, 0.2) is 0 Å². The molecule has 3 nitrogen and oxygen atoms in total. The van der Waals surface area contributed by atoms with E-state index in [1.54, 1.807) is 12.1 Å². The van der Waals surface area contributed by atoms with Crippen LogP contribution >= 0.6 is 11.6 Å². The third kappa shape index (κ3) is 1.98. The third-order valence-corrected chi connectivity index (χ3v) is 3.66. The van der Waals surface area contributed by atoms with Gasteiger partial charge >= 0.3 is 0 Å². The van der Waals surface area contributed by atoms with Crippen molar-refractivity contribution in [1.82, 2.24) is 9.97 Å². The Bertz CT molecular complexity index is 818. The zero-order chi connectivity index (χ0) is 14.3. The highest BCUT2D eigenvalue weighted by atomic mass is 35.5. The normalized spacial score (nSPS) is 10.9. The number of benzene rings is 2. The summed E-state index contributed by atoms with van der Waals surface area (Å²) in [7, 11) is 0. The molecule has 3 rings (SSSR count). The molecule has 3 aromatic rings. The standard InChI is InChI=1S/C15H11ClFN3/c1-8-6-9(2-4-11(8)16)10-3-5-12(17)14-13(10)15(18)20-7-19-14/h2-7H,1H3,(H2,18,19,20). The first-order chi connectivity index (χ1) is 9.58. The molecule has 0 fully saturated rings. The van der Waals surface area contributed by atoms with E-state index in [1.807, 2.05) is 19.1 Å². The first-order valence-corrected chi connectivity index (χ1v) is 6.41. The Morgan fingerprint density at radius 3 is 2.70 bits per heavy atom. The second-order valence-corrected chi connectivity index (χ2v) is 4.95. The highest BCUT2D eigenvalue weighted by Crippen LogP contribution is 2.33. The van der Waals surface area contributed by atoms with Crippen molar-refractivity contribution in [1.29, 1.82) is 0 Å². The molecule has 0 atom stereocenters. The van der Waals surface area contributed by atoms with Gasteiger partial charge in [0, 0.05) is 5.02 Å². The minimum Gasteiger partial charge on any atom is -0.383 e. The Balaban J connectivity index is 2.36. The van der Waals surface area contributed by atoms with Crippen LogP contribution in [0.4, 0.5) is 10.2 Å². The molecule has 0 radical (unpaired) electrons. The second-order valence-electron chi connectivity index (χ2n) is 4.54. The SMILES string of the molecule is Cc1cc(-c2ccc(F)c3ncnc(N)c23)ccc1Cl. The second kappa shape index (κ2) is 4.72. The van der Waals surface area contributed by atoms with Crippen molar-refractivity contribution < 1.29 is 4.39 Å². The lowest BCUT2D eigenvalue weighted by Gasteiger charge is -2.10. The van der Waals surface area contributed by atoms with E-state index >= 15 is 0 Å². The van der Waals surface area contributed by atoms with Crippen LogP contribution in [0, 0.1) is 12.7 Å². The fourth-order valence-corrected chi connectivity index (χ4v) is 2.33. The molecule has 2 aromatic carbocycles. The van der Waals surface area contributed by atoms with Gasteiger partial charge in [-0.2, -0.15) is 0 Å². The van der Waals surface area contributed by atoms with E-state index in [0.29, 0.717) is 10.4 Å². The molecule has 100 valence electrons. The van der Waals surface area contributed by atoms with Gasteiger partial charge in [0.2, 0.25) is 0 Å². The topological polar surface area (TPSA) is 51.8 Å². The molecule has 20 heavy (non-hydrogen) atoms. The molecule has 0 bridgehead atoms. The van der Waals surface area contributed by atoms with Crippen LogP contribution in [0.5, 0.6) is 0 Å². The van der Waals surface area contributed by atoms with Crippen LogP contribution in [0.15, 0.2) is 36.7 Å². The van der Waals surface area contributed by atoms with Gasteiger partial charge in [0.1, 0.15) is 23.5 Å². The van der Waals surface area contributed by atoms with Crippen molar-refractivity contribution in [2.24, 2.45) is 0 Å². The molecule has 0 saturated carbocycles. The average Bonchev–Trinajstić information content (AvgIpc) is 2.43. The molecule has 1 aromatic heterocycles. The summed E-state index contributed by atoms with van der Waals surface area (Å²) in [6.07, 6.45) is 1.26. The van der Waals surface area contributed by atoms with Gasteiger partial charge in [0.25, 0.3) is 0 Å². The van der Waals surface area contributed by atoms with Gasteiger partial charge in [-0.05, 0) is 41.8 Å². The van der Waals surface area contributed by atoms with Crippen LogP contribution in [0.25, 0.3) is 22.0 Å². The Hall–Kier alpha value is -2.20. The molecular weight excluding hydrogens is 277 g/mol. The van der Waals surface area contributed by atoms with Crippen molar-refractivity contribution in [2.75, 3.05) is 5.73 Å². The Morgan fingerprint density at radius 2 is 1.95 bits per heavy atom. The van der Waals surface area contributed by atoms with Gasteiger partial charge in [-0.15, -0.1) is 0 Å². The lowest BCUT2D eigenvalue weighted by molar-refractivity contribution is 0.636. The number of nitrogens with zero attached hydrogens (tertiary/aromatic N) is 2. The van der Waals surface area contributed by atoms with E-state index in [-0.39, 0.29) is 11.3 Å². The van der Waals surface area contributed by atoms with E-state index in [9.17, 15) is 4.39 Å². The molecule has 0 saturated heterocycles. The molecule has 0 unspecified atom stereocenters. The predicted octanol–water partition coefficient (Wildman–Crippen LogP) is 3.98. The highest BCUT2D eigenvalue weighted by molar-refractivity contribution is 6.31. The van der Waals surface area contributed by atoms with E-state index in [4.69, 9.17) is 17.3 Å². The van der Waals surface area contributed by atoms with Crippen molar-refractivity contribution in [3.8, 4) is 11.1 Å². The van der Waals surface area contributed by atoms with Crippen molar-refractivity contribution in [3.63, 3.8) is 0 Å². The third-order valence-electron chi connectivity index (χ3n) is 3.24. The maximum absolute atomic E-state index is 13.8. The lowest BCUT2D eigenvalue weighted by atomic mass is 9.99. The predicted molar refractivity (Wildman–Crippen MR) is 79.1 cm³/mol. The van der Waals surface area contributed by atoms with Gasteiger partial charge in [-0.25, -0.2) is 14.4 Å². The zero-order valence-electron chi connectivity index (χ0n) is 10.7. The Kier molecular flexibility index (Phi) is 3.03. The van der Waals surface area contributed by atoms with E-state index < -0.39 is 5.82 Å². The average molecular weight is 288 g/mol. The molecule has 0 spiro atoms. The first kappa shape index (κ1) is 12.8. The molecule has 1 heterocycles. The number of aromatic nitrogens is 2. The van der Waals surface area contributed by atoms with Gasteiger partial charge in [-0.1, -0.05) is 23.7 Å². The first-order valence-electron chi connectivity index (χ1n) is 6.03. The quantitative estimate of drug-likeness (QED) is 0.736. The minimum atomic E-state index is -0.413. The number of aryl methyl sites for hydroxylation is 1. The summed E-state index contributed by atoms with van der Waals surface area (Å²) in [6, 6.07) is 8.67. The summed E-state index contributed by atoms with van der Waals surface area (Å²) in [5, 5.41) is 1.21. The Morgan fingerprint density at radius 1 is 1.15 bits per heavy atom. The van der Waals surface area contributed by atoms with Crippen LogP contribution < -0.4 is 5.73 Å². The number of fused-ring (bicyclic) bond motifs is 1. The largest absolute Gasteiger partial charge is 0.383 e. The van der Waals surface area contributed by atoms with Crippen LogP contribution in [-0.4, -0.2) is 9.97 Å². The number of anilines is 1. The molecule has 5 heteroatoms. The van der Waals surface area contributed by atoms with Crippen molar-refractivity contribution >= 4 is 28.3 Å². The van der Waals surface area contributed by atoms with E-state index in [0.717, 1.165) is 16.7 Å².